The van der Waals surface area contributed by atoms with Crippen molar-refractivity contribution in [3.05, 3.63) is 18.2 Å². The summed E-state index contributed by atoms with van der Waals surface area (Å²) in [6.07, 6.45) is 0. The highest BCUT2D eigenvalue weighted by Gasteiger charge is 2.05. The highest BCUT2D eigenvalue weighted by Crippen LogP contribution is 2.23. The predicted molar refractivity (Wildman–Crippen MR) is 52.7 cm³/mol. The number of nitrogens with one attached hydrogen (secondary N) is 1. The number of carbonyl (C=O) groups excluding carboxylic acids is 1. The molecule has 0 fully saturated rings. The first-order chi connectivity index (χ1) is 6.66. The minimum Gasteiger partial charge on any atom is -0.380 e. The van der Waals surface area contributed by atoms with E-state index in [-0.39, 0.29) is 5.91 Å². The fourth-order valence-corrected chi connectivity index (χ4v) is 1.24. The van der Waals surface area contributed by atoms with Crippen LogP contribution < -0.4 is 11.1 Å². The average Bonchev–Trinajstić information content (AvgIpc) is 2.46. The molecule has 0 aliphatic carbocycles. The van der Waals surface area contributed by atoms with Crippen LogP contribution in [0.15, 0.2) is 22.7 Å². The molecule has 0 aliphatic heterocycles. The highest BCUT2D eigenvalue weighted by molar-refractivity contribution is 5.94. The van der Waals surface area contributed by atoms with Gasteiger partial charge in [-0.15, -0.1) is 0 Å². The van der Waals surface area contributed by atoms with Crippen molar-refractivity contribution >= 4 is 28.4 Å². The van der Waals surface area contributed by atoms with Gasteiger partial charge in [-0.25, -0.2) is 0 Å². The molecule has 3 N–H and O–H groups in total. The van der Waals surface area contributed by atoms with Gasteiger partial charge in [0, 0.05) is 18.7 Å². The van der Waals surface area contributed by atoms with Crippen LogP contribution in [0.3, 0.4) is 0 Å². The van der Waals surface area contributed by atoms with E-state index < -0.39 is 0 Å². The number of hydrogen-bond acceptors (Lipinski definition) is 4. The van der Waals surface area contributed by atoms with E-state index in [0.717, 1.165) is 5.39 Å². The van der Waals surface area contributed by atoms with Crippen LogP contribution in [-0.4, -0.2) is 11.1 Å². The Hall–Kier alpha value is -2.04. The van der Waals surface area contributed by atoms with E-state index in [0.29, 0.717) is 17.1 Å². The number of aromatic nitrogens is 1. The summed E-state index contributed by atoms with van der Waals surface area (Å²) in [5.41, 5.74) is 6.77. The summed E-state index contributed by atoms with van der Waals surface area (Å²) in [4.78, 5) is 10.8. The Morgan fingerprint density at radius 3 is 3.07 bits per heavy atom. The van der Waals surface area contributed by atoms with E-state index in [4.69, 9.17) is 10.3 Å². The van der Waals surface area contributed by atoms with E-state index in [1.165, 1.54) is 6.92 Å². The van der Waals surface area contributed by atoms with Crippen molar-refractivity contribution in [2.45, 2.75) is 6.92 Å². The summed E-state index contributed by atoms with van der Waals surface area (Å²) in [5, 5.41) is 6.99. The van der Waals surface area contributed by atoms with Crippen molar-refractivity contribution in [3.8, 4) is 0 Å². The molecule has 0 bridgehead atoms. The largest absolute Gasteiger partial charge is 0.380 e. The molecule has 1 heterocycles. The van der Waals surface area contributed by atoms with Gasteiger partial charge in [0.15, 0.2) is 11.4 Å². The molecule has 1 aromatic heterocycles. The zero-order valence-corrected chi connectivity index (χ0v) is 7.57. The Balaban J connectivity index is 2.46. The van der Waals surface area contributed by atoms with Gasteiger partial charge in [0.25, 0.3) is 0 Å². The van der Waals surface area contributed by atoms with Gasteiger partial charge in [0.2, 0.25) is 5.91 Å². The second-order valence-electron chi connectivity index (χ2n) is 2.96. The number of hydrogen-bond donors (Lipinski definition) is 2. The van der Waals surface area contributed by atoms with Crippen LogP contribution in [-0.2, 0) is 4.79 Å². The van der Waals surface area contributed by atoms with Crippen LogP contribution in [0.4, 0.5) is 11.5 Å². The molecule has 14 heavy (non-hydrogen) atoms. The number of nitrogens with zero attached hydrogens (tertiary/aromatic N) is 1. The molecular weight excluding hydrogens is 182 g/mol. The van der Waals surface area contributed by atoms with Gasteiger partial charge in [0.1, 0.15) is 0 Å². The molecule has 5 nitrogen and oxygen atoms in total. The quantitative estimate of drug-likeness (QED) is 0.713. The first-order valence-electron chi connectivity index (χ1n) is 4.09. The SMILES string of the molecule is CC(=O)Nc1ccc2c(N)noc2c1. The smallest absolute Gasteiger partial charge is 0.221 e. The first kappa shape index (κ1) is 8.55. The number of amides is 1. The zero-order valence-electron chi connectivity index (χ0n) is 7.57. The zero-order chi connectivity index (χ0) is 10.1. The number of anilines is 2. The molecule has 0 radical (unpaired) electrons. The summed E-state index contributed by atoms with van der Waals surface area (Å²) in [5.74, 6) is 0.228. The molecule has 2 aromatic rings. The third-order valence-corrected chi connectivity index (χ3v) is 1.82. The molecule has 1 aromatic carbocycles. The Morgan fingerprint density at radius 1 is 1.57 bits per heavy atom. The minimum absolute atomic E-state index is 0.128. The van der Waals surface area contributed by atoms with Gasteiger partial charge in [-0.3, -0.25) is 4.79 Å². The Bertz CT molecular complexity index is 490. The fourth-order valence-electron chi connectivity index (χ4n) is 1.24. The molecular formula is C9H9N3O2. The molecule has 0 saturated carbocycles. The van der Waals surface area contributed by atoms with Crippen LogP contribution in [0.25, 0.3) is 11.0 Å². The average molecular weight is 191 g/mol. The number of nitrogens with two attached hydrogens (primary N) is 1. The van der Waals surface area contributed by atoms with Crippen LogP contribution in [0, 0.1) is 0 Å². The Kier molecular flexibility index (Phi) is 1.85. The van der Waals surface area contributed by atoms with Crippen LogP contribution in [0.5, 0.6) is 0 Å². The normalized spacial score (nSPS) is 10.4. The third-order valence-electron chi connectivity index (χ3n) is 1.82. The van der Waals surface area contributed by atoms with Crippen LogP contribution >= 0.6 is 0 Å². The molecule has 2 rings (SSSR count). The Morgan fingerprint density at radius 2 is 2.36 bits per heavy atom. The molecule has 5 heteroatoms. The monoisotopic (exact) mass is 191 g/mol. The minimum atomic E-state index is -0.128. The molecule has 0 spiro atoms. The number of nitrogen functional groups attached to an aromatic ring is 1. The van der Waals surface area contributed by atoms with Crippen molar-refractivity contribution in [2.75, 3.05) is 11.1 Å². The third kappa shape index (κ3) is 1.39. The van der Waals surface area contributed by atoms with Gasteiger partial charge in [0.05, 0.1) is 5.39 Å². The van der Waals surface area contributed by atoms with Gasteiger partial charge in [-0.2, -0.15) is 0 Å². The van der Waals surface area contributed by atoms with Gasteiger partial charge >= 0.3 is 0 Å². The summed E-state index contributed by atoms with van der Waals surface area (Å²) in [6, 6.07) is 5.18. The van der Waals surface area contributed by atoms with Crippen molar-refractivity contribution in [3.63, 3.8) is 0 Å². The van der Waals surface area contributed by atoms with Crippen molar-refractivity contribution in [2.24, 2.45) is 0 Å². The number of benzene rings is 1. The number of fused-ring (bicyclic) bond motifs is 1. The van der Waals surface area contributed by atoms with E-state index in [2.05, 4.69) is 10.5 Å². The summed E-state index contributed by atoms with van der Waals surface area (Å²) >= 11 is 0. The molecule has 0 aliphatic rings. The molecule has 1 amide bonds. The maximum Gasteiger partial charge on any atom is 0.221 e. The van der Waals surface area contributed by atoms with Gasteiger partial charge in [-0.05, 0) is 12.1 Å². The first-order valence-corrected chi connectivity index (χ1v) is 4.09. The lowest BCUT2D eigenvalue weighted by molar-refractivity contribution is -0.114. The summed E-state index contributed by atoms with van der Waals surface area (Å²) in [6.45, 7) is 1.44. The number of carbonyl (C=O) groups is 1. The molecule has 0 unspecified atom stereocenters. The van der Waals surface area contributed by atoms with E-state index in [1.54, 1.807) is 18.2 Å². The molecule has 72 valence electrons. The second kappa shape index (κ2) is 3.02. The van der Waals surface area contributed by atoms with Crippen LogP contribution in [0.2, 0.25) is 0 Å². The van der Waals surface area contributed by atoms with Crippen molar-refractivity contribution in [1.82, 2.24) is 5.16 Å². The van der Waals surface area contributed by atoms with Crippen molar-refractivity contribution < 1.29 is 9.32 Å². The predicted octanol–water partition coefficient (Wildman–Crippen LogP) is 1.37. The lowest BCUT2D eigenvalue weighted by atomic mass is 10.2. The van der Waals surface area contributed by atoms with E-state index in [9.17, 15) is 4.79 Å². The standard InChI is InChI=1S/C9H9N3O2/c1-5(13)11-6-2-3-7-8(4-6)14-12-9(7)10/h2-4H,1H3,(H2,10,12)(H,11,13). The summed E-state index contributed by atoms with van der Waals surface area (Å²) in [7, 11) is 0. The lowest BCUT2D eigenvalue weighted by Gasteiger charge is -1.99. The van der Waals surface area contributed by atoms with Gasteiger partial charge in [-0.1, -0.05) is 5.16 Å². The maximum absolute atomic E-state index is 10.8. The maximum atomic E-state index is 10.8. The lowest BCUT2D eigenvalue weighted by Crippen LogP contribution is -2.05. The molecule has 0 atom stereocenters. The van der Waals surface area contributed by atoms with E-state index in [1.807, 2.05) is 0 Å². The second-order valence-corrected chi connectivity index (χ2v) is 2.96. The Labute approximate surface area is 79.9 Å². The van der Waals surface area contributed by atoms with Crippen LogP contribution in [0.1, 0.15) is 6.92 Å². The summed E-state index contributed by atoms with van der Waals surface area (Å²) < 4.78 is 4.94. The highest BCUT2D eigenvalue weighted by atomic mass is 16.5. The topological polar surface area (TPSA) is 81.2 Å². The van der Waals surface area contributed by atoms with E-state index >= 15 is 0 Å². The fraction of sp³-hybridized carbons (Fsp3) is 0.111. The van der Waals surface area contributed by atoms with Crippen molar-refractivity contribution in [1.29, 1.82) is 0 Å². The van der Waals surface area contributed by atoms with Gasteiger partial charge < -0.3 is 15.6 Å². The number of rotatable bonds is 1. The molecule has 0 saturated heterocycles.